The van der Waals surface area contributed by atoms with Crippen LogP contribution in [0.15, 0.2) is 23.0 Å². The molecule has 128 valence electrons. The lowest BCUT2D eigenvalue weighted by atomic mass is 9.94. The maximum Gasteiger partial charge on any atom is 0.342 e. The number of benzene rings is 1. The number of pyridine rings is 1. The van der Waals surface area contributed by atoms with Crippen LogP contribution < -0.4 is 16.2 Å². The number of nitrogens with one attached hydrogen (secondary N) is 1. The second-order valence-corrected chi connectivity index (χ2v) is 5.34. The number of aromatic carboxylic acids is 2. The van der Waals surface area contributed by atoms with Crippen molar-refractivity contribution in [1.82, 2.24) is 4.98 Å². The number of H-pyrrole nitrogens is 1. The number of aromatic nitrogens is 1. The van der Waals surface area contributed by atoms with Crippen LogP contribution in [0.2, 0.25) is 0 Å². The highest BCUT2D eigenvalue weighted by molar-refractivity contribution is 6.07. The molecule has 0 saturated carbocycles. The molecule has 9 heteroatoms. The number of carboxylic acid groups (broad SMARTS) is 2. The molecule has 25 heavy (non-hydrogen) atoms. The summed E-state index contributed by atoms with van der Waals surface area (Å²) in [5.74, 6) is -3.57. The Morgan fingerprint density at radius 1 is 1.20 bits per heavy atom. The molecule has 5 N–H and O–H groups in total. The Hall–Kier alpha value is -3.80. The number of nitriles is 1. The number of anilines is 2. The van der Waals surface area contributed by atoms with E-state index in [0.29, 0.717) is 5.69 Å². The van der Waals surface area contributed by atoms with Crippen LogP contribution in [0, 0.1) is 11.3 Å². The summed E-state index contributed by atoms with van der Waals surface area (Å²) in [5.41, 5.74) is 3.74. The SMILES string of the molecule is CN(C)c1ccc(-c2c(C(=O)O)c(N)[nH]c(=O)c2C(=O)O)cc1C#N. The quantitative estimate of drug-likeness (QED) is 0.639. The molecule has 0 aliphatic heterocycles. The van der Waals surface area contributed by atoms with Crippen LogP contribution in [0.4, 0.5) is 11.5 Å². The van der Waals surface area contributed by atoms with Gasteiger partial charge in [-0.25, -0.2) is 9.59 Å². The number of nitrogen functional groups attached to an aromatic ring is 1. The van der Waals surface area contributed by atoms with E-state index in [4.69, 9.17) is 5.73 Å². The van der Waals surface area contributed by atoms with Gasteiger partial charge in [-0.05, 0) is 17.7 Å². The maximum absolute atomic E-state index is 12.0. The van der Waals surface area contributed by atoms with Crippen LogP contribution >= 0.6 is 0 Å². The normalized spacial score (nSPS) is 10.1. The molecule has 0 bridgehead atoms. The molecule has 0 unspecified atom stereocenters. The number of carboxylic acids is 2. The number of carbonyl (C=O) groups is 2. The lowest BCUT2D eigenvalue weighted by Gasteiger charge is -2.17. The Balaban J connectivity index is 2.96. The number of hydrogen-bond donors (Lipinski definition) is 4. The van der Waals surface area contributed by atoms with Crippen molar-refractivity contribution in [3.63, 3.8) is 0 Å². The van der Waals surface area contributed by atoms with E-state index in [-0.39, 0.29) is 16.7 Å². The Bertz CT molecular complexity index is 985. The minimum atomic E-state index is -1.60. The fourth-order valence-corrected chi connectivity index (χ4v) is 2.51. The number of nitrogens with two attached hydrogens (primary N) is 1. The first kappa shape index (κ1) is 17.6. The molecular weight excluding hydrogens is 328 g/mol. The van der Waals surface area contributed by atoms with E-state index in [1.165, 1.54) is 18.2 Å². The zero-order chi connectivity index (χ0) is 18.9. The number of aromatic amines is 1. The van der Waals surface area contributed by atoms with E-state index in [0.717, 1.165) is 0 Å². The minimum absolute atomic E-state index is 0.0924. The van der Waals surface area contributed by atoms with Crippen LogP contribution in [0.25, 0.3) is 11.1 Å². The average Bonchev–Trinajstić information content (AvgIpc) is 2.52. The van der Waals surface area contributed by atoms with Crippen molar-refractivity contribution in [3.05, 3.63) is 45.2 Å². The first-order valence-electron chi connectivity index (χ1n) is 6.93. The summed E-state index contributed by atoms with van der Waals surface area (Å²) in [4.78, 5) is 38.8. The van der Waals surface area contributed by atoms with Gasteiger partial charge in [-0.2, -0.15) is 5.26 Å². The Kier molecular flexibility index (Phi) is 4.47. The van der Waals surface area contributed by atoms with Gasteiger partial charge < -0.3 is 25.8 Å². The summed E-state index contributed by atoms with van der Waals surface area (Å²) in [5, 5.41) is 28.1. The molecule has 2 rings (SSSR count). The third kappa shape index (κ3) is 3.00. The van der Waals surface area contributed by atoms with E-state index in [1.807, 2.05) is 11.1 Å². The highest BCUT2D eigenvalue weighted by Crippen LogP contribution is 2.32. The summed E-state index contributed by atoms with van der Waals surface area (Å²) < 4.78 is 0. The van der Waals surface area contributed by atoms with Crippen molar-refractivity contribution in [2.45, 2.75) is 0 Å². The summed E-state index contributed by atoms with van der Waals surface area (Å²) in [7, 11) is 3.43. The van der Waals surface area contributed by atoms with Crippen molar-refractivity contribution in [2.75, 3.05) is 24.7 Å². The lowest BCUT2D eigenvalue weighted by Crippen LogP contribution is -2.24. The van der Waals surface area contributed by atoms with E-state index in [1.54, 1.807) is 19.0 Å². The van der Waals surface area contributed by atoms with Crippen molar-refractivity contribution < 1.29 is 19.8 Å². The van der Waals surface area contributed by atoms with E-state index in [9.17, 15) is 29.9 Å². The molecule has 0 radical (unpaired) electrons. The average molecular weight is 342 g/mol. The second-order valence-electron chi connectivity index (χ2n) is 5.34. The van der Waals surface area contributed by atoms with Crippen LogP contribution in [0.1, 0.15) is 26.3 Å². The van der Waals surface area contributed by atoms with Crippen LogP contribution in [-0.2, 0) is 0 Å². The molecule has 0 aliphatic carbocycles. The number of rotatable bonds is 4. The zero-order valence-corrected chi connectivity index (χ0v) is 13.3. The number of hydrogen-bond acceptors (Lipinski definition) is 6. The van der Waals surface area contributed by atoms with Gasteiger partial charge in [-0.3, -0.25) is 4.79 Å². The van der Waals surface area contributed by atoms with Crippen LogP contribution in [0.5, 0.6) is 0 Å². The van der Waals surface area contributed by atoms with Crippen molar-refractivity contribution in [3.8, 4) is 17.2 Å². The first-order valence-corrected chi connectivity index (χ1v) is 6.93. The Morgan fingerprint density at radius 2 is 1.80 bits per heavy atom. The Morgan fingerprint density at radius 3 is 2.28 bits per heavy atom. The molecule has 1 aromatic heterocycles. The number of nitrogens with zero attached hydrogens (tertiary/aromatic N) is 2. The van der Waals surface area contributed by atoms with Gasteiger partial charge in [0, 0.05) is 19.7 Å². The van der Waals surface area contributed by atoms with Crippen LogP contribution in [0.3, 0.4) is 0 Å². The standard InChI is InChI=1S/C16H14N4O5/c1-20(2)9-4-3-7(5-8(9)6-17)10-11(15(22)23)13(18)19-14(21)12(10)16(24)25/h3-5H,1-2H3,(H,22,23)(H,24,25)(H3,18,19,21). The molecule has 0 spiro atoms. The molecule has 1 aromatic carbocycles. The van der Waals surface area contributed by atoms with E-state index in [2.05, 4.69) is 0 Å². The highest BCUT2D eigenvalue weighted by atomic mass is 16.4. The summed E-state index contributed by atoms with van der Waals surface area (Å²) in [6.45, 7) is 0. The maximum atomic E-state index is 12.0. The third-order valence-corrected chi connectivity index (χ3v) is 3.56. The molecule has 0 aliphatic rings. The summed E-state index contributed by atoms with van der Waals surface area (Å²) in [6.07, 6.45) is 0. The molecule has 9 nitrogen and oxygen atoms in total. The van der Waals surface area contributed by atoms with Crippen LogP contribution in [-0.4, -0.2) is 41.2 Å². The summed E-state index contributed by atoms with van der Waals surface area (Å²) in [6, 6.07) is 6.25. The topological polar surface area (TPSA) is 161 Å². The molecule has 0 atom stereocenters. The van der Waals surface area contributed by atoms with E-state index >= 15 is 0 Å². The largest absolute Gasteiger partial charge is 0.478 e. The smallest absolute Gasteiger partial charge is 0.342 e. The van der Waals surface area contributed by atoms with E-state index < -0.39 is 34.4 Å². The summed E-state index contributed by atoms with van der Waals surface area (Å²) >= 11 is 0. The monoisotopic (exact) mass is 342 g/mol. The molecule has 0 amide bonds. The lowest BCUT2D eigenvalue weighted by molar-refractivity contribution is 0.0695. The molecular formula is C16H14N4O5. The van der Waals surface area contributed by atoms with Crippen molar-refractivity contribution >= 4 is 23.4 Å². The highest BCUT2D eigenvalue weighted by Gasteiger charge is 2.27. The van der Waals surface area contributed by atoms with Crippen molar-refractivity contribution in [2.24, 2.45) is 0 Å². The third-order valence-electron chi connectivity index (χ3n) is 3.56. The van der Waals surface area contributed by atoms with Gasteiger partial charge >= 0.3 is 11.9 Å². The van der Waals surface area contributed by atoms with Gasteiger partial charge in [-0.1, -0.05) is 6.07 Å². The fraction of sp³-hybridized carbons (Fsp3) is 0.125. The van der Waals surface area contributed by atoms with Gasteiger partial charge in [0.2, 0.25) is 0 Å². The predicted molar refractivity (Wildman–Crippen MR) is 89.9 cm³/mol. The molecule has 1 heterocycles. The molecule has 0 saturated heterocycles. The Labute approximate surface area is 141 Å². The van der Waals surface area contributed by atoms with Gasteiger partial charge in [0.05, 0.1) is 11.3 Å². The first-order chi connectivity index (χ1) is 11.7. The molecule has 0 fully saturated rings. The molecule has 2 aromatic rings. The van der Waals surface area contributed by atoms with Gasteiger partial charge in [-0.15, -0.1) is 0 Å². The second kappa shape index (κ2) is 6.37. The van der Waals surface area contributed by atoms with Gasteiger partial charge in [0.15, 0.2) is 0 Å². The van der Waals surface area contributed by atoms with Gasteiger partial charge in [0.25, 0.3) is 5.56 Å². The zero-order valence-electron chi connectivity index (χ0n) is 13.3. The minimum Gasteiger partial charge on any atom is -0.478 e. The van der Waals surface area contributed by atoms with Crippen molar-refractivity contribution in [1.29, 1.82) is 5.26 Å². The predicted octanol–water partition coefficient (Wildman–Crippen LogP) is 0.958. The fourth-order valence-electron chi connectivity index (χ4n) is 2.51. The van der Waals surface area contributed by atoms with Gasteiger partial charge in [0.1, 0.15) is 23.0 Å².